The Balaban J connectivity index is 2.02. The quantitative estimate of drug-likeness (QED) is 0.577. The first-order valence-corrected chi connectivity index (χ1v) is 7.47. The van der Waals surface area contributed by atoms with Crippen molar-refractivity contribution in [2.75, 3.05) is 11.1 Å². The third-order valence-electron chi connectivity index (χ3n) is 2.64. The minimum atomic E-state index is 0.769. The maximum atomic E-state index is 5.88. The van der Waals surface area contributed by atoms with Crippen LogP contribution in [0.1, 0.15) is 5.56 Å². The van der Waals surface area contributed by atoms with Gasteiger partial charge in [0, 0.05) is 27.9 Å². The molecule has 0 spiro atoms. The molecule has 3 heteroatoms. The third-order valence-corrected chi connectivity index (χ3v) is 3.96. The largest absolute Gasteiger partial charge is 0.380 e. The van der Waals surface area contributed by atoms with E-state index in [-0.39, 0.29) is 0 Å². The molecule has 0 unspecified atom stereocenters. The summed E-state index contributed by atoms with van der Waals surface area (Å²) in [4.78, 5) is 1.25. The van der Waals surface area contributed by atoms with Gasteiger partial charge in [0.05, 0.1) is 0 Å². The lowest BCUT2D eigenvalue weighted by molar-refractivity contribution is 1.13. The fraction of sp³-hybridized carbons (Fsp3) is 0.125. The minimum Gasteiger partial charge on any atom is -0.380 e. The van der Waals surface area contributed by atoms with Crippen LogP contribution in [-0.2, 0) is 6.54 Å². The van der Waals surface area contributed by atoms with Crippen LogP contribution in [0.25, 0.3) is 0 Å². The predicted molar refractivity (Wildman–Crippen MR) is 86.1 cm³/mol. The van der Waals surface area contributed by atoms with E-state index >= 15 is 0 Å². The van der Waals surface area contributed by atoms with Crippen molar-refractivity contribution in [1.29, 1.82) is 0 Å². The van der Waals surface area contributed by atoms with Gasteiger partial charge in [-0.3, -0.25) is 0 Å². The molecule has 2 aromatic rings. The number of anilines is 1. The van der Waals surface area contributed by atoms with Crippen LogP contribution in [-0.4, -0.2) is 5.75 Å². The molecule has 0 saturated heterocycles. The molecule has 0 aliphatic rings. The molecule has 1 N–H and O–H groups in total. The summed E-state index contributed by atoms with van der Waals surface area (Å²) < 4.78 is 0. The number of hydrogen-bond donors (Lipinski definition) is 1. The highest BCUT2D eigenvalue weighted by Crippen LogP contribution is 2.27. The summed E-state index contributed by atoms with van der Waals surface area (Å²) in [6.45, 7) is 4.55. The van der Waals surface area contributed by atoms with Crippen molar-refractivity contribution < 1.29 is 0 Å². The summed E-state index contributed by atoms with van der Waals surface area (Å²) >= 11 is 7.66. The first-order valence-electron chi connectivity index (χ1n) is 6.10. The molecule has 2 aromatic carbocycles. The van der Waals surface area contributed by atoms with Gasteiger partial charge < -0.3 is 5.32 Å². The number of benzene rings is 2. The number of halogens is 1. The molecule has 0 heterocycles. The van der Waals surface area contributed by atoms with Crippen molar-refractivity contribution in [3.63, 3.8) is 0 Å². The van der Waals surface area contributed by atoms with E-state index < -0.39 is 0 Å². The van der Waals surface area contributed by atoms with Gasteiger partial charge in [0.1, 0.15) is 0 Å². The maximum absolute atomic E-state index is 5.88. The molecule has 0 aliphatic carbocycles. The lowest BCUT2D eigenvalue weighted by Crippen LogP contribution is -2.00. The van der Waals surface area contributed by atoms with E-state index in [1.165, 1.54) is 10.5 Å². The molecule has 0 radical (unpaired) electrons. The zero-order valence-electron chi connectivity index (χ0n) is 10.6. The molecule has 0 saturated carbocycles. The van der Waals surface area contributed by atoms with Gasteiger partial charge in [-0.15, -0.1) is 18.3 Å². The zero-order valence-corrected chi connectivity index (χ0v) is 12.2. The molecule has 0 fully saturated rings. The predicted octanol–water partition coefficient (Wildman–Crippen LogP) is 5.23. The Bertz CT molecular complexity index is 537. The van der Waals surface area contributed by atoms with Gasteiger partial charge >= 0.3 is 0 Å². The van der Waals surface area contributed by atoms with Crippen LogP contribution in [0, 0.1) is 0 Å². The molecule has 2 rings (SSSR count). The van der Waals surface area contributed by atoms with E-state index in [9.17, 15) is 0 Å². The fourth-order valence-corrected chi connectivity index (χ4v) is 2.58. The van der Waals surface area contributed by atoms with E-state index in [0.29, 0.717) is 0 Å². The van der Waals surface area contributed by atoms with Crippen LogP contribution in [0.2, 0.25) is 5.02 Å². The Morgan fingerprint density at radius 1 is 1.11 bits per heavy atom. The van der Waals surface area contributed by atoms with Crippen molar-refractivity contribution in [3.05, 3.63) is 71.8 Å². The standard InChI is InChI=1S/C16H16ClNS/c1-2-11-19-16-6-4-3-5-15(16)18-12-13-7-9-14(17)10-8-13/h2-10,18H,1,11-12H2. The molecular weight excluding hydrogens is 274 g/mol. The average Bonchev–Trinajstić information content (AvgIpc) is 2.45. The van der Waals surface area contributed by atoms with Crippen LogP contribution >= 0.6 is 23.4 Å². The number of nitrogens with one attached hydrogen (secondary N) is 1. The zero-order chi connectivity index (χ0) is 13.5. The monoisotopic (exact) mass is 289 g/mol. The highest BCUT2D eigenvalue weighted by Gasteiger charge is 2.01. The SMILES string of the molecule is C=CCSc1ccccc1NCc1ccc(Cl)cc1. The van der Waals surface area contributed by atoms with E-state index in [1.54, 1.807) is 11.8 Å². The summed E-state index contributed by atoms with van der Waals surface area (Å²) in [5, 5.41) is 4.23. The molecule has 0 amide bonds. The molecule has 0 atom stereocenters. The second-order valence-corrected chi connectivity index (χ2v) is 5.57. The molecule has 0 aromatic heterocycles. The van der Waals surface area contributed by atoms with Crippen LogP contribution in [0.15, 0.2) is 66.1 Å². The first kappa shape index (κ1) is 14.0. The minimum absolute atomic E-state index is 0.769. The van der Waals surface area contributed by atoms with E-state index in [2.05, 4.69) is 30.1 Å². The molecule has 0 aliphatic heterocycles. The number of hydrogen-bond acceptors (Lipinski definition) is 2. The first-order chi connectivity index (χ1) is 9.29. The summed E-state index contributed by atoms with van der Waals surface area (Å²) in [5.74, 6) is 0.916. The Labute approximate surface area is 123 Å². The van der Waals surface area contributed by atoms with Crippen LogP contribution < -0.4 is 5.32 Å². The second kappa shape index (κ2) is 7.27. The van der Waals surface area contributed by atoms with Gasteiger partial charge in [0.2, 0.25) is 0 Å². The Hall–Kier alpha value is -1.38. The highest BCUT2D eigenvalue weighted by molar-refractivity contribution is 7.99. The van der Waals surface area contributed by atoms with Gasteiger partial charge in [0.15, 0.2) is 0 Å². The van der Waals surface area contributed by atoms with Crippen LogP contribution in [0.4, 0.5) is 5.69 Å². The lowest BCUT2D eigenvalue weighted by Gasteiger charge is -2.11. The number of thioether (sulfide) groups is 1. The Morgan fingerprint density at radius 3 is 2.58 bits per heavy atom. The van der Waals surface area contributed by atoms with Crippen LogP contribution in [0.5, 0.6) is 0 Å². The molecular formula is C16H16ClNS. The Kier molecular flexibility index (Phi) is 5.37. The van der Waals surface area contributed by atoms with Crippen LogP contribution in [0.3, 0.4) is 0 Å². The van der Waals surface area contributed by atoms with Gasteiger partial charge in [-0.25, -0.2) is 0 Å². The van der Waals surface area contributed by atoms with Crippen molar-refractivity contribution in [2.24, 2.45) is 0 Å². The fourth-order valence-electron chi connectivity index (χ4n) is 1.69. The maximum Gasteiger partial charge on any atom is 0.0481 e. The molecule has 0 bridgehead atoms. The van der Waals surface area contributed by atoms with E-state index in [0.717, 1.165) is 23.0 Å². The van der Waals surface area contributed by atoms with Crippen molar-refractivity contribution in [2.45, 2.75) is 11.4 Å². The summed E-state index contributed by atoms with van der Waals surface area (Å²) in [6, 6.07) is 16.2. The average molecular weight is 290 g/mol. The summed E-state index contributed by atoms with van der Waals surface area (Å²) in [7, 11) is 0. The highest BCUT2D eigenvalue weighted by atomic mass is 35.5. The van der Waals surface area contributed by atoms with Crippen molar-refractivity contribution in [1.82, 2.24) is 0 Å². The van der Waals surface area contributed by atoms with Gasteiger partial charge in [-0.2, -0.15) is 0 Å². The van der Waals surface area contributed by atoms with Crippen molar-refractivity contribution >= 4 is 29.1 Å². The summed E-state index contributed by atoms with van der Waals surface area (Å²) in [6.07, 6.45) is 1.92. The van der Waals surface area contributed by atoms with Crippen molar-refractivity contribution in [3.8, 4) is 0 Å². The van der Waals surface area contributed by atoms with Gasteiger partial charge in [-0.05, 0) is 29.8 Å². The smallest absolute Gasteiger partial charge is 0.0481 e. The normalized spacial score (nSPS) is 10.2. The number of rotatable bonds is 6. The molecule has 19 heavy (non-hydrogen) atoms. The lowest BCUT2D eigenvalue weighted by atomic mass is 10.2. The van der Waals surface area contributed by atoms with E-state index in [4.69, 9.17) is 11.6 Å². The Morgan fingerprint density at radius 2 is 1.84 bits per heavy atom. The molecule has 98 valence electrons. The van der Waals surface area contributed by atoms with E-state index in [1.807, 2.05) is 36.4 Å². The number of para-hydroxylation sites is 1. The second-order valence-electron chi connectivity index (χ2n) is 4.08. The topological polar surface area (TPSA) is 12.0 Å². The van der Waals surface area contributed by atoms with Gasteiger partial charge in [-0.1, -0.05) is 41.9 Å². The summed E-state index contributed by atoms with van der Waals surface area (Å²) in [5.41, 5.74) is 2.37. The molecule has 1 nitrogen and oxygen atoms in total. The third kappa shape index (κ3) is 4.34. The van der Waals surface area contributed by atoms with Gasteiger partial charge in [0.25, 0.3) is 0 Å².